The third kappa shape index (κ3) is 4.35. The Balaban J connectivity index is 1.64. The van der Waals surface area contributed by atoms with Crippen molar-refractivity contribution >= 4 is 28.7 Å². The van der Waals surface area contributed by atoms with E-state index in [0.717, 1.165) is 5.69 Å². The molecule has 0 aliphatic heterocycles. The van der Waals surface area contributed by atoms with Crippen molar-refractivity contribution in [3.05, 3.63) is 94.5 Å². The minimum Gasteiger partial charge on any atom is -0.322 e. The van der Waals surface area contributed by atoms with E-state index in [2.05, 4.69) is 15.5 Å². The molecule has 3 aromatic rings. The number of nitrogens with zero attached hydrogens (tertiary/aromatic N) is 3. The molecule has 0 aliphatic carbocycles. The van der Waals surface area contributed by atoms with Crippen LogP contribution in [0.15, 0.2) is 89.1 Å². The molecule has 0 saturated heterocycles. The molecular formula is C19H14N4O3. The summed E-state index contributed by atoms with van der Waals surface area (Å²) in [5, 5.41) is 21.6. The lowest BCUT2D eigenvalue weighted by atomic mass is 10.2. The Bertz CT molecular complexity index is 937. The van der Waals surface area contributed by atoms with E-state index >= 15 is 0 Å². The number of amides is 1. The van der Waals surface area contributed by atoms with E-state index in [4.69, 9.17) is 0 Å². The predicted octanol–water partition coefficient (Wildman–Crippen LogP) is 5.26. The van der Waals surface area contributed by atoms with Crippen molar-refractivity contribution in [3.8, 4) is 0 Å². The Morgan fingerprint density at radius 2 is 1.38 bits per heavy atom. The van der Waals surface area contributed by atoms with Gasteiger partial charge in [0.2, 0.25) is 0 Å². The molecule has 7 nitrogen and oxygen atoms in total. The van der Waals surface area contributed by atoms with Gasteiger partial charge in [-0.25, -0.2) is 0 Å². The van der Waals surface area contributed by atoms with Gasteiger partial charge in [0.25, 0.3) is 11.6 Å². The van der Waals surface area contributed by atoms with Gasteiger partial charge in [-0.05, 0) is 48.5 Å². The van der Waals surface area contributed by atoms with Crippen molar-refractivity contribution in [3.63, 3.8) is 0 Å². The van der Waals surface area contributed by atoms with Crippen LogP contribution < -0.4 is 5.32 Å². The molecule has 0 radical (unpaired) electrons. The zero-order valence-corrected chi connectivity index (χ0v) is 13.6. The molecule has 0 unspecified atom stereocenters. The van der Waals surface area contributed by atoms with Crippen molar-refractivity contribution < 1.29 is 9.72 Å². The van der Waals surface area contributed by atoms with Crippen LogP contribution in [0.25, 0.3) is 0 Å². The lowest BCUT2D eigenvalue weighted by molar-refractivity contribution is -0.384. The fourth-order valence-corrected chi connectivity index (χ4v) is 2.16. The molecule has 0 atom stereocenters. The number of benzene rings is 3. The zero-order chi connectivity index (χ0) is 18.4. The quantitative estimate of drug-likeness (QED) is 0.387. The molecule has 1 amide bonds. The van der Waals surface area contributed by atoms with Crippen LogP contribution in [0.2, 0.25) is 0 Å². The number of rotatable bonds is 5. The SMILES string of the molecule is O=C(Nc1ccc(N=Nc2ccccc2)cc1)c1ccc([N+](=O)[O-])cc1. The average molecular weight is 346 g/mol. The monoisotopic (exact) mass is 346 g/mol. The van der Waals surface area contributed by atoms with Crippen LogP contribution >= 0.6 is 0 Å². The Hall–Kier alpha value is -3.87. The van der Waals surface area contributed by atoms with Crippen LogP contribution in [-0.2, 0) is 0 Å². The van der Waals surface area contributed by atoms with Gasteiger partial charge < -0.3 is 5.32 Å². The first kappa shape index (κ1) is 17.0. The lowest BCUT2D eigenvalue weighted by Crippen LogP contribution is -2.11. The van der Waals surface area contributed by atoms with Gasteiger partial charge >= 0.3 is 0 Å². The highest BCUT2D eigenvalue weighted by molar-refractivity contribution is 6.04. The Labute approximate surface area is 149 Å². The normalized spacial score (nSPS) is 10.6. The van der Waals surface area contributed by atoms with Crippen molar-refractivity contribution in [2.24, 2.45) is 10.2 Å². The first-order valence-electron chi connectivity index (χ1n) is 7.74. The van der Waals surface area contributed by atoms with E-state index in [1.807, 2.05) is 30.3 Å². The molecule has 0 bridgehead atoms. The molecule has 0 heterocycles. The smallest absolute Gasteiger partial charge is 0.269 e. The highest BCUT2D eigenvalue weighted by Gasteiger charge is 2.09. The largest absolute Gasteiger partial charge is 0.322 e. The minimum atomic E-state index is -0.510. The summed E-state index contributed by atoms with van der Waals surface area (Å²) in [4.78, 5) is 22.3. The molecule has 26 heavy (non-hydrogen) atoms. The zero-order valence-electron chi connectivity index (χ0n) is 13.6. The third-order valence-corrected chi connectivity index (χ3v) is 3.50. The first-order valence-corrected chi connectivity index (χ1v) is 7.74. The summed E-state index contributed by atoms with van der Waals surface area (Å²) in [7, 11) is 0. The Kier molecular flexibility index (Phi) is 5.09. The van der Waals surface area contributed by atoms with Crippen molar-refractivity contribution in [2.45, 2.75) is 0 Å². The average Bonchev–Trinajstić information content (AvgIpc) is 2.68. The summed E-state index contributed by atoms with van der Waals surface area (Å²) >= 11 is 0. The highest BCUT2D eigenvalue weighted by Crippen LogP contribution is 2.20. The van der Waals surface area contributed by atoms with E-state index in [-0.39, 0.29) is 11.6 Å². The second-order valence-electron chi connectivity index (χ2n) is 5.34. The molecule has 0 saturated carbocycles. The standard InChI is InChI=1S/C19H14N4O3/c24-19(14-6-12-18(13-7-14)23(25)26)20-15-8-10-17(11-9-15)22-21-16-4-2-1-3-5-16/h1-13H,(H,20,24). The summed E-state index contributed by atoms with van der Waals surface area (Å²) < 4.78 is 0. The van der Waals surface area contributed by atoms with E-state index in [9.17, 15) is 14.9 Å². The summed E-state index contributed by atoms with van der Waals surface area (Å²) in [5.74, 6) is -0.349. The second-order valence-corrected chi connectivity index (χ2v) is 5.34. The topological polar surface area (TPSA) is 97.0 Å². The minimum absolute atomic E-state index is 0.0605. The van der Waals surface area contributed by atoms with Crippen LogP contribution in [0.4, 0.5) is 22.7 Å². The van der Waals surface area contributed by atoms with Gasteiger partial charge in [-0.2, -0.15) is 10.2 Å². The number of azo groups is 1. The molecule has 7 heteroatoms. The van der Waals surface area contributed by atoms with Crippen LogP contribution in [0, 0.1) is 10.1 Å². The van der Waals surface area contributed by atoms with Gasteiger partial charge in [0.15, 0.2) is 0 Å². The number of carbonyl (C=O) groups excluding carboxylic acids is 1. The number of carbonyl (C=O) groups is 1. The number of anilines is 1. The van der Waals surface area contributed by atoms with Gasteiger partial charge in [-0.15, -0.1) is 0 Å². The lowest BCUT2D eigenvalue weighted by Gasteiger charge is -2.05. The molecule has 1 N–H and O–H groups in total. The maximum atomic E-state index is 12.2. The highest BCUT2D eigenvalue weighted by atomic mass is 16.6. The van der Waals surface area contributed by atoms with Crippen LogP contribution in [0.5, 0.6) is 0 Å². The second kappa shape index (κ2) is 7.80. The molecule has 3 aromatic carbocycles. The maximum absolute atomic E-state index is 12.2. The fraction of sp³-hybridized carbons (Fsp3) is 0. The third-order valence-electron chi connectivity index (χ3n) is 3.50. The van der Waals surface area contributed by atoms with Crippen molar-refractivity contribution in [1.29, 1.82) is 0 Å². The Morgan fingerprint density at radius 3 is 1.96 bits per heavy atom. The molecule has 0 spiro atoms. The van der Waals surface area contributed by atoms with Crippen molar-refractivity contribution in [1.82, 2.24) is 0 Å². The first-order chi connectivity index (χ1) is 12.6. The van der Waals surface area contributed by atoms with Gasteiger partial charge in [0, 0.05) is 23.4 Å². The molecule has 3 rings (SSSR count). The van der Waals surface area contributed by atoms with E-state index < -0.39 is 4.92 Å². The number of hydrogen-bond donors (Lipinski definition) is 1. The number of nitro groups is 1. The maximum Gasteiger partial charge on any atom is 0.269 e. The van der Waals surface area contributed by atoms with Crippen LogP contribution in [0.1, 0.15) is 10.4 Å². The van der Waals surface area contributed by atoms with Crippen molar-refractivity contribution in [2.75, 3.05) is 5.32 Å². The molecule has 128 valence electrons. The van der Waals surface area contributed by atoms with Gasteiger partial charge in [0.1, 0.15) is 0 Å². The number of hydrogen-bond acceptors (Lipinski definition) is 5. The number of nitro benzene ring substituents is 1. The molecule has 0 aromatic heterocycles. The summed E-state index contributed by atoms with van der Waals surface area (Å²) in [6.07, 6.45) is 0. The number of nitrogens with one attached hydrogen (secondary N) is 1. The molecule has 0 aliphatic rings. The van der Waals surface area contributed by atoms with Crippen LogP contribution in [0.3, 0.4) is 0 Å². The van der Waals surface area contributed by atoms with E-state index in [1.165, 1.54) is 24.3 Å². The van der Waals surface area contributed by atoms with E-state index in [1.54, 1.807) is 24.3 Å². The number of non-ortho nitro benzene ring substituents is 1. The molecule has 0 fully saturated rings. The Morgan fingerprint density at radius 1 is 0.808 bits per heavy atom. The van der Waals surface area contributed by atoms with E-state index in [0.29, 0.717) is 16.9 Å². The van der Waals surface area contributed by atoms with Crippen LogP contribution in [-0.4, -0.2) is 10.8 Å². The molecular weight excluding hydrogens is 332 g/mol. The van der Waals surface area contributed by atoms with Gasteiger partial charge in [0.05, 0.1) is 16.3 Å². The summed E-state index contributed by atoms with van der Waals surface area (Å²) in [5.41, 5.74) is 2.27. The predicted molar refractivity (Wildman–Crippen MR) is 98.1 cm³/mol. The fourth-order valence-electron chi connectivity index (χ4n) is 2.16. The van der Waals surface area contributed by atoms with Gasteiger partial charge in [-0.3, -0.25) is 14.9 Å². The summed E-state index contributed by atoms with van der Waals surface area (Å²) in [6.45, 7) is 0. The summed E-state index contributed by atoms with van der Waals surface area (Å²) in [6, 6.07) is 21.7. The van der Waals surface area contributed by atoms with Gasteiger partial charge in [-0.1, -0.05) is 18.2 Å².